The van der Waals surface area contributed by atoms with Crippen LogP contribution in [-0.4, -0.2) is 16.6 Å². The maximum Gasteiger partial charge on any atom is 0.249 e. The molecule has 1 atom stereocenters. The van der Waals surface area contributed by atoms with E-state index in [0.29, 0.717) is 5.56 Å². The van der Waals surface area contributed by atoms with Gasteiger partial charge in [-0.05, 0) is 74.3 Å². The van der Waals surface area contributed by atoms with Crippen LogP contribution in [-0.2, 0) is 6.42 Å². The molecule has 0 spiro atoms. The standard InChI is InChI=1S/C17H20BrNO2/c1-17(2,21)10-3-4-11-9(7-10)8-13-12(16(19)20)5-6-14(18)15(11)13/h5-6,10,21H,3-4,7-8H2,1-2H3,(H2,19,20)/t10-/m0/s1. The van der Waals surface area contributed by atoms with Crippen LogP contribution in [0.1, 0.15) is 54.6 Å². The van der Waals surface area contributed by atoms with Gasteiger partial charge in [0.1, 0.15) is 0 Å². The zero-order valence-electron chi connectivity index (χ0n) is 12.4. The van der Waals surface area contributed by atoms with Crippen molar-refractivity contribution in [3.05, 3.63) is 38.9 Å². The Balaban J connectivity index is 2.02. The molecule has 1 aromatic carbocycles. The molecular weight excluding hydrogens is 330 g/mol. The van der Waals surface area contributed by atoms with E-state index < -0.39 is 5.60 Å². The molecule has 0 radical (unpaired) electrons. The van der Waals surface area contributed by atoms with Crippen LogP contribution in [0, 0.1) is 5.92 Å². The van der Waals surface area contributed by atoms with Gasteiger partial charge in [-0.3, -0.25) is 4.79 Å². The fraction of sp³-hybridized carbons (Fsp3) is 0.471. The van der Waals surface area contributed by atoms with Crippen molar-refractivity contribution >= 4 is 27.4 Å². The molecule has 3 rings (SSSR count). The minimum absolute atomic E-state index is 0.279. The summed E-state index contributed by atoms with van der Waals surface area (Å²) < 4.78 is 1.04. The van der Waals surface area contributed by atoms with E-state index in [9.17, 15) is 9.90 Å². The van der Waals surface area contributed by atoms with Crippen LogP contribution in [0.5, 0.6) is 0 Å². The van der Waals surface area contributed by atoms with E-state index in [2.05, 4.69) is 15.9 Å². The molecule has 3 nitrogen and oxygen atoms in total. The van der Waals surface area contributed by atoms with Gasteiger partial charge in [0.05, 0.1) is 5.60 Å². The van der Waals surface area contributed by atoms with E-state index in [4.69, 9.17) is 5.73 Å². The lowest BCUT2D eigenvalue weighted by Gasteiger charge is -2.33. The molecule has 0 heterocycles. The van der Waals surface area contributed by atoms with Crippen molar-refractivity contribution in [1.82, 2.24) is 0 Å². The van der Waals surface area contributed by atoms with E-state index in [1.165, 1.54) is 11.1 Å². The number of hydrogen-bond donors (Lipinski definition) is 2. The summed E-state index contributed by atoms with van der Waals surface area (Å²) in [6, 6.07) is 3.72. The largest absolute Gasteiger partial charge is 0.390 e. The summed E-state index contributed by atoms with van der Waals surface area (Å²) in [6.45, 7) is 3.77. The molecule has 1 aromatic rings. The summed E-state index contributed by atoms with van der Waals surface area (Å²) in [4.78, 5) is 11.6. The number of aliphatic hydroxyl groups is 1. The van der Waals surface area contributed by atoms with Crippen molar-refractivity contribution in [2.75, 3.05) is 0 Å². The highest BCUT2D eigenvalue weighted by Gasteiger charge is 2.36. The number of amides is 1. The normalized spacial score (nSPS) is 21.2. The Morgan fingerprint density at radius 2 is 2.14 bits per heavy atom. The molecule has 0 saturated carbocycles. The van der Waals surface area contributed by atoms with Crippen LogP contribution in [0.2, 0.25) is 0 Å². The van der Waals surface area contributed by atoms with E-state index in [1.807, 2.05) is 19.9 Å². The summed E-state index contributed by atoms with van der Waals surface area (Å²) >= 11 is 3.61. The van der Waals surface area contributed by atoms with Gasteiger partial charge < -0.3 is 10.8 Å². The van der Waals surface area contributed by atoms with Gasteiger partial charge in [0.15, 0.2) is 0 Å². The van der Waals surface area contributed by atoms with Crippen LogP contribution < -0.4 is 5.73 Å². The second-order valence-corrected chi connectivity index (χ2v) is 7.52. The second kappa shape index (κ2) is 4.96. The van der Waals surface area contributed by atoms with Gasteiger partial charge in [0.25, 0.3) is 0 Å². The minimum atomic E-state index is -0.656. The predicted octanol–water partition coefficient (Wildman–Crippen LogP) is 3.43. The molecule has 0 aliphatic heterocycles. The lowest BCUT2D eigenvalue weighted by Crippen LogP contribution is -2.32. The van der Waals surface area contributed by atoms with E-state index in [-0.39, 0.29) is 11.8 Å². The molecule has 4 heteroatoms. The molecule has 0 fully saturated rings. The van der Waals surface area contributed by atoms with Gasteiger partial charge in [-0.2, -0.15) is 0 Å². The van der Waals surface area contributed by atoms with Crippen molar-refractivity contribution in [2.24, 2.45) is 11.7 Å². The molecule has 2 aliphatic carbocycles. The fourth-order valence-electron chi connectivity index (χ4n) is 3.68. The lowest BCUT2D eigenvalue weighted by atomic mass is 9.76. The van der Waals surface area contributed by atoms with Gasteiger partial charge in [0, 0.05) is 10.0 Å². The fourth-order valence-corrected chi connectivity index (χ4v) is 4.29. The second-order valence-electron chi connectivity index (χ2n) is 6.67. The number of benzene rings is 1. The first-order valence-electron chi connectivity index (χ1n) is 7.34. The number of allylic oxidation sites excluding steroid dienone is 2. The first-order chi connectivity index (χ1) is 9.79. The number of nitrogens with two attached hydrogens (primary N) is 1. The van der Waals surface area contributed by atoms with Gasteiger partial charge in [-0.1, -0.05) is 21.5 Å². The van der Waals surface area contributed by atoms with E-state index in [0.717, 1.165) is 41.3 Å². The topological polar surface area (TPSA) is 63.3 Å². The molecule has 1 amide bonds. The maximum absolute atomic E-state index is 11.6. The average Bonchev–Trinajstić information content (AvgIpc) is 2.76. The molecular formula is C17H20BrNO2. The number of carbonyl (C=O) groups is 1. The van der Waals surface area contributed by atoms with Gasteiger partial charge in [-0.15, -0.1) is 0 Å². The van der Waals surface area contributed by atoms with Crippen LogP contribution in [0.25, 0.3) is 5.57 Å². The highest BCUT2D eigenvalue weighted by molar-refractivity contribution is 9.10. The van der Waals surface area contributed by atoms with Crippen molar-refractivity contribution in [2.45, 2.75) is 45.1 Å². The molecule has 0 unspecified atom stereocenters. The van der Waals surface area contributed by atoms with Crippen LogP contribution in [0.4, 0.5) is 0 Å². The predicted molar refractivity (Wildman–Crippen MR) is 86.9 cm³/mol. The maximum atomic E-state index is 11.6. The summed E-state index contributed by atoms with van der Waals surface area (Å²) in [5, 5.41) is 10.3. The zero-order valence-corrected chi connectivity index (χ0v) is 14.0. The van der Waals surface area contributed by atoms with Crippen molar-refractivity contribution in [3.8, 4) is 0 Å². The van der Waals surface area contributed by atoms with Gasteiger partial charge in [-0.25, -0.2) is 0 Å². The lowest BCUT2D eigenvalue weighted by molar-refractivity contribution is 0.0123. The summed E-state index contributed by atoms with van der Waals surface area (Å²) in [5.74, 6) is -0.0843. The number of carbonyl (C=O) groups excluding carboxylic acids is 1. The molecule has 2 aliphatic rings. The van der Waals surface area contributed by atoms with Crippen LogP contribution in [0.3, 0.4) is 0 Å². The highest BCUT2D eigenvalue weighted by atomic mass is 79.9. The summed E-state index contributed by atoms with van der Waals surface area (Å²) in [7, 11) is 0. The van der Waals surface area contributed by atoms with Crippen LogP contribution >= 0.6 is 15.9 Å². The summed E-state index contributed by atoms with van der Waals surface area (Å²) in [5.41, 5.74) is 10.4. The Bertz CT molecular complexity index is 655. The molecule has 0 saturated heterocycles. The van der Waals surface area contributed by atoms with Gasteiger partial charge in [0.2, 0.25) is 5.91 Å². The third kappa shape index (κ3) is 2.44. The SMILES string of the molecule is CC(C)(O)[C@H]1CCC2=C(Cc3c(C(N)=O)ccc(Br)c32)C1. The first kappa shape index (κ1) is 14.8. The molecule has 0 bridgehead atoms. The third-order valence-electron chi connectivity index (χ3n) is 4.88. The Kier molecular flexibility index (Phi) is 3.49. The Labute approximate surface area is 133 Å². The monoisotopic (exact) mass is 349 g/mol. The van der Waals surface area contributed by atoms with Crippen LogP contribution in [0.15, 0.2) is 22.2 Å². The molecule has 112 valence electrons. The highest BCUT2D eigenvalue weighted by Crippen LogP contribution is 2.48. The van der Waals surface area contributed by atoms with Gasteiger partial charge >= 0.3 is 0 Å². The average molecular weight is 350 g/mol. The minimum Gasteiger partial charge on any atom is -0.390 e. The number of halogens is 1. The number of primary amides is 1. The first-order valence-corrected chi connectivity index (χ1v) is 8.13. The number of rotatable bonds is 2. The quantitative estimate of drug-likeness (QED) is 0.858. The number of hydrogen-bond acceptors (Lipinski definition) is 2. The number of fused-ring (bicyclic) bond motifs is 2. The van der Waals surface area contributed by atoms with Crippen molar-refractivity contribution in [1.29, 1.82) is 0 Å². The molecule has 3 N–H and O–H groups in total. The third-order valence-corrected chi connectivity index (χ3v) is 5.54. The summed E-state index contributed by atoms with van der Waals surface area (Å²) in [6.07, 6.45) is 3.62. The molecule has 0 aromatic heterocycles. The van der Waals surface area contributed by atoms with E-state index >= 15 is 0 Å². The smallest absolute Gasteiger partial charge is 0.249 e. The Morgan fingerprint density at radius 1 is 1.43 bits per heavy atom. The van der Waals surface area contributed by atoms with Crippen molar-refractivity contribution in [3.63, 3.8) is 0 Å². The zero-order chi connectivity index (χ0) is 15.4. The Morgan fingerprint density at radius 3 is 2.76 bits per heavy atom. The molecule has 21 heavy (non-hydrogen) atoms. The van der Waals surface area contributed by atoms with Crippen molar-refractivity contribution < 1.29 is 9.90 Å². The Hall–Kier alpha value is -1.13. The van der Waals surface area contributed by atoms with E-state index in [1.54, 1.807) is 6.07 Å².